The number of imidazole rings is 1. The van der Waals surface area contributed by atoms with E-state index in [9.17, 15) is 31.2 Å². The molecule has 0 saturated carbocycles. The van der Waals surface area contributed by atoms with E-state index in [0.717, 1.165) is 18.4 Å². The Hall–Kier alpha value is -3.91. The van der Waals surface area contributed by atoms with Gasteiger partial charge in [0.15, 0.2) is 0 Å². The number of halogens is 3. The first-order valence-corrected chi connectivity index (χ1v) is 13.9. The third-order valence-corrected chi connectivity index (χ3v) is 7.11. The second-order valence-electron chi connectivity index (χ2n) is 9.10. The number of aromatic nitrogens is 2. The SMILES string of the molecule is CCCCc1ncc(C(=O)N[C@@H](CC(=O)NO)Cc2ccccc2)n1Cc1ccc(NS(=O)(=O)C(F)(F)F)cc1. The minimum atomic E-state index is -5.56. The van der Waals surface area contributed by atoms with Gasteiger partial charge in [-0.2, -0.15) is 21.6 Å². The summed E-state index contributed by atoms with van der Waals surface area (Å²) in [5.74, 6) is -0.558. The van der Waals surface area contributed by atoms with Gasteiger partial charge in [-0.25, -0.2) is 10.5 Å². The summed E-state index contributed by atoms with van der Waals surface area (Å²) in [6.07, 6.45) is 3.79. The Kier molecular flexibility index (Phi) is 10.3. The number of sulfonamides is 1. The minimum Gasteiger partial charge on any atom is -0.347 e. The number of rotatable bonds is 13. The molecule has 2 amide bonds. The number of nitrogens with zero attached hydrogens (tertiary/aromatic N) is 2. The lowest BCUT2D eigenvalue weighted by Crippen LogP contribution is -2.41. The van der Waals surface area contributed by atoms with Crippen molar-refractivity contribution in [2.45, 2.75) is 57.1 Å². The van der Waals surface area contributed by atoms with E-state index in [4.69, 9.17) is 5.21 Å². The molecule has 14 heteroatoms. The van der Waals surface area contributed by atoms with Crippen LogP contribution in [0.15, 0.2) is 60.8 Å². The van der Waals surface area contributed by atoms with E-state index in [0.29, 0.717) is 24.2 Å². The van der Waals surface area contributed by atoms with E-state index < -0.39 is 33.4 Å². The highest BCUT2D eigenvalue weighted by Gasteiger charge is 2.46. The van der Waals surface area contributed by atoms with E-state index in [-0.39, 0.29) is 24.3 Å². The number of hydroxylamine groups is 1. The van der Waals surface area contributed by atoms with Crippen LogP contribution in [0.25, 0.3) is 0 Å². The summed E-state index contributed by atoms with van der Waals surface area (Å²) >= 11 is 0. The predicted molar refractivity (Wildman–Crippen MR) is 141 cm³/mol. The molecule has 216 valence electrons. The lowest BCUT2D eigenvalue weighted by Gasteiger charge is -2.19. The van der Waals surface area contributed by atoms with Crippen LogP contribution in [-0.4, -0.2) is 46.5 Å². The molecule has 0 saturated heterocycles. The van der Waals surface area contributed by atoms with Crippen molar-refractivity contribution < 1.29 is 36.4 Å². The molecule has 0 aliphatic carbocycles. The summed E-state index contributed by atoms with van der Waals surface area (Å²) in [6.45, 7) is 2.14. The molecule has 0 bridgehead atoms. The van der Waals surface area contributed by atoms with E-state index in [1.165, 1.54) is 35.2 Å². The molecule has 0 aliphatic heterocycles. The quantitative estimate of drug-likeness (QED) is 0.179. The zero-order valence-electron chi connectivity index (χ0n) is 21.6. The Morgan fingerprint density at radius 3 is 2.33 bits per heavy atom. The molecule has 0 unspecified atom stereocenters. The van der Waals surface area contributed by atoms with Crippen LogP contribution in [0.3, 0.4) is 0 Å². The number of aryl methyl sites for hydroxylation is 1. The molecular formula is C26H30F3N5O5S. The number of benzene rings is 2. The number of unbranched alkanes of at least 4 members (excludes halogenated alkanes) is 1. The van der Waals surface area contributed by atoms with Crippen molar-refractivity contribution in [3.8, 4) is 0 Å². The van der Waals surface area contributed by atoms with Crippen LogP contribution < -0.4 is 15.5 Å². The average Bonchev–Trinajstić information content (AvgIpc) is 3.30. The second kappa shape index (κ2) is 13.4. The number of nitrogens with one attached hydrogen (secondary N) is 3. The first-order valence-electron chi connectivity index (χ1n) is 12.4. The van der Waals surface area contributed by atoms with E-state index in [1.54, 1.807) is 10.0 Å². The normalized spacial score (nSPS) is 12.5. The Morgan fingerprint density at radius 2 is 1.73 bits per heavy atom. The highest BCUT2D eigenvalue weighted by Crippen LogP contribution is 2.25. The van der Waals surface area contributed by atoms with Crippen LogP contribution in [0.4, 0.5) is 18.9 Å². The number of alkyl halides is 3. The van der Waals surface area contributed by atoms with Crippen LogP contribution in [-0.2, 0) is 34.2 Å². The monoisotopic (exact) mass is 581 g/mol. The van der Waals surface area contributed by atoms with Gasteiger partial charge in [-0.05, 0) is 36.1 Å². The van der Waals surface area contributed by atoms with E-state index in [2.05, 4.69) is 10.3 Å². The Bertz CT molecular complexity index is 1390. The first kappa shape index (κ1) is 30.6. The van der Waals surface area contributed by atoms with Gasteiger partial charge in [-0.1, -0.05) is 55.8 Å². The highest BCUT2D eigenvalue weighted by molar-refractivity contribution is 7.93. The molecule has 1 aromatic heterocycles. The number of carbonyl (C=O) groups excluding carboxylic acids is 2. The van der Waals surface area contributed by atoms with Gasteiger partial charge in [-0.15, -0.1) is 0 Å². The Labute approximate surface area is 229 Å². The number of amides is 2. The van der Waals surface area contributed by atoms with Crippen LogP contribution >= 0.6 is 0 Å². The topological polar surface area (TPSA) is 142 Å². The lowest BCUT2D eigenvalue weighted by atomic mass is 10.0. The molecule has 0 spiro atoms. The molecule has 2 aromatic carbocycles. The number of hydrogen-bond donors (Lipinski definition) is 4. The summed E-state index contributed by atoms with van der Waals surface area (Å²) < 4.78 is 64.0. The van der Waals surface area contributed by atoms with Crippen molar-refractivity contribution in [1.29, 1.82) is 0 Å². The molecule has 3 rings (SSSR count). The largest absolute Gasteiger partial charge is 0.516 e. The van der Waals surface area contributed by atoms with Gasteiger partial charge >= 0.3 is 15.5 Å². The smallest absolute Gasteiger partial charge is 0.347 e. The van der Waals surface area contributed by atoms with Crippen LogP contribution in [0.5, 0.6) is 0 Å². The van der Waals surface area contributed by atoms with Crippen molar-refractivity contribution in [2.24, 2.45) is 0 Å². The molecular weight excluding hydrogens is 551 g/mol. The molecule has 0 radical (unpaired) electrons. The van der Waals surface area contributed by atoms with Gasteiger partial charge in [0.25, 0.3) is 5.91 Å². The summed E-state index contributed by atoms with van der Waals surface area (Å²) in [6, 6.07) is 13.8. The average molecular weight is 582 g/mol. The third kappa shape index (κ3) is 8.29. The van der Waals surface area contributed by atoms with Crippen LogP contribution in [0.1, 0.15) is 53.6 Å². The zero-order chi connectivity index (χ0) is 29.3. The number of hydrogen-bond acceptors (Lipinski definition) is 6. The van der Waals surface area contributed by atoms with Gasteiger partial charge < -0.3 is 9.88 Å². The standard InChI is InChI=1S/C26H30F3N5O5S/c1-2-3-9-23-30-16-22(25(36)31-21(15-24(35)32-37)14-18-7-5-4-6-8-18)34(23)17-19-10-12-20(13-11-19)33-40(38,39)26(27,28)29/h4-8,10-13,16,21,33,37H,2-3,9,14-15,17H2,1H3,(H,31,36)(H,32,35)/t21-/m1/s1. The van der Waals surface area contributed by atoms with Gasteiger partial charge in [0, 0.05) is 31.1 Å². The van der Waals surface area contributed by atoms with Crippen molar-refractivity contribution in [3.05, 3.63) is 83.4 Å². The van der Waals surface area contributed by atoms with Crippen molar-refractivity contribution in [3.63, 3.8) is 0 Å². The number of carbonyl (C=O) groups is 2. The molecule has 3 aromatic rings. The van der Waals surface area contributed by atoms with Crippen molar-refractivity contribution in [2.75, 3.05) is 4.72 Å². The van der Waals surface area contributed by atoms with Gasteiger partial charge in [0.05, 0.1) is 6.20 Å². The third-order valence-electron chi connectivity index (χ3n) is 5.99. The maximum absolute atomic E-state index is 13.4. The van der Waals surface area contributed by atoms with Gasteiger partial charge in [0.1, 0.15) is 11.5 Å². The van der Waals surface area contributed by atoms with Crippen LogP contribution in [0.2, 0.25) is 0 Å². The maximum Gasteiger partial charge on any atom is 0.516 e. The molecule has 0 aliphatic rings. The van der Waals surface area contributed by atoms with E-state index in [1.807, 2.05) is 37.3 Å². The summed E-state index contributed by atoms with van der Waals surface area (Å²) in [4.78, 5) is 29.7. The van der Waals surface area contributed by atoms with Gasteiger partial charge in [-0.3, -0.25) is 19.5 Å². The Morgan fingerprint density at radius 1 is 1.05 bits per heavy atom. The molecule has 1 heterocycles. The van der Waals surface area contributed by atoms with Crippen molar-refractivity contribution in [1.82, 2.24) is 20.3 Å². The van der Waals surface area contributed by atoms with Crippen LogP contribution in [0, 0.1) is 0 Å². The fourth-order valence-electron chi connectivity index (χ4n) is 3.98. The molecule has 0 fully saturated rings. The fraction of sp³-hybridized carbons (Fsp3) is 0.346. The fourth-order valence-corrected chi connectivity index (χ4v) is 4.54. The zero-order valence-corrected chi connectivity index (χ0v) is 22.4. The summed E-state index contributed by atoms with van der Waals surface area (Å²) in [7, 11) is -5.56. The molecule has 40 heavy (non-hydrogen) atoms. The minimum absolute atomic E-state index is 0.134. The molecule has 4 N–H and O–H groups in total. The second-order valence-corrected chi connectivity index (χ2v) is 10.8. The van der Waals surface area contributed by atoms with Gasteiger partial charge in [0.2, 0.25) is 5.91 Å². The first-order chi connectivity index (χ1) is 18.9. The Balaban J connectivity index is 1.83. The maximum atomic E-state index is 13.4. The van der Waals surface area contributed by atoms with E-state index >= 15 is 0 Å². The van der Waals surface area contributed by atoms with Crippen molar-refractivity contribution >= 4 is 27.5 Å². The predicted octanol–water partition coefficient (Wildman–Crippen LogP) is 3.77. The highest BCUT2D eigenvalue weighted by atomic mass is 32.2. The number of anilines is 1. The summed E-state index contributed by atoms with van der Waals surface area (Å²) in [5, 5.41) is 11.8. The molecule has 10 nitrogen and oxygen atoms in total. The lowest BCUT2D eigenvalue weighted by molar-refractivity contribution is -0.129. The molecule has 1 atom stereocenters. The summed E-state index contributed by atoms with van der Waals surface area (Å²) in [5.41, 5.74) is -2.47.